The first-order valence-electron chi connectivity index (χ1n) is 7.42. The Hall–Kier alpha value is -2.36. The van der Waals surface area contributed by atoms with Crippen LogP contribution in [0.4, 0.5) is 5.69 Å². The maximum absolute atomic E-state index is 12.7. The van der Waals surface area contributed by atoms with E-state index in [1.54, 1.807) is 29.2 Å². The van der Waals surface area contributed by atoms with Crippen LogP contribution in [0.1, 0.15) is 22.0 Å². The molecule has 1 atom stereocenters. The Morgan fingerprint density at radius 1 is 1.00 bits per heavy atom. The average molecular weight is 324 g/mol. The molecule has 1 unspecified atom stereocenters. The Kier molecular flexibility index (Phi) is 3.33. The molecule has 0 fully saturated rings. The van der Waals surface area contributed by atoms with Crippen molar-refractivity contribution in [1.29, 1.82) is 0 Å². The molecule has 3 aromatic carbocycles. The zero-order chi connectivity index (χ0) is 16.0. The van der Waals surface area contributed by atoms with Crippen LogP contribution in [-0.2, 0) is 0 Å². The maximum Gasteiger partial charge on any atom is 0.259 e. The number of halogens is 1. The average Bonchev–Trinajstić information content (AvgIpc) is 2.84. The van der Waals surface area contributed by atoms with E-state index in [0.29, 0.717) is 10.6 Å². The number of carbonyl (C=O) groups excluding carboxylic acids is 1. The van der Waals surface area contributed by atoms with Gasteiger partial charge in [0.1, 0.15) is 0 Å². The van der Waals surface area contributed by atoms with Crippen LogP contribution in [0.25, 0.3) is 10.8 Å². The molecular formula is C19H14ClNO2. The van der Waals surface area contributed by atoms with Crippen LogP contribution in [0.5, 0.6) is 0 Å². The first-order chi connectivity index (χ1) is 11.1. The summed E-state index contributed by atoms with van der Waals surface area (Å²) in [6.45, 7) is 0.217. The zero-order valence-electron chi connectivity index (χ0n) is 12.2. The quantitative estimate of drug-likeness (QED) is 0.785. The molecule has 23 heavy (non-hydrogen) atoms. The third kappa shape index (κ3) is 2.29. The highest BCUT2D eigenvalue weighted by atomic mass is 35.5. The van der Waals surface area contributed by atoms with E-state index in [1.807, 2.05) is 36.4 Å². The normalized spacial score (nSPS) is 14.5. The monoisotopic (exact) mass is 323 g/mol. The van der Waals surface area contributed by atoms with Gasteiger partial charge < -0.3 is 10.0 Å². The summed E-state index contributed by atoms with van der Waals surface area (Å²) in [7, 11) is 0. The van der Waals surface area contributed by atoms with Gasteiger partial charge >= 0.3 is 0 Å². The van der Waals surface area contributed by atoms with Gasteiger partial charge in [-0.1, -0.05) is 48.0 Å². The highest BCUT2D eigenvalue weighted by molar-refractivity contribution is 6.30. The van der Waals surface area contributed by atoms with Crippen LogP contribution in [-0.4, -0.2) is 17.6 Å². The fraction of sp³-hybridized carbons (Fsp3) is 0.105. The SMILES string of the molecule is O=C1c2cccc3cccc(c23)N1CC(O)c1ccc(Cl)cc1. The minimum atomic E-state index is -0.763. The fourth-order valence-corrected chi connectivity index (χ4v) is 3.25. The van der Waals surface area contributed by atoms with E-state index < -0.39 is 6.10 Å². The third-order valence-corrected chi connectivity index (χ3v) is 4.51. The van der Waals surface area contributed by atoms with Crippen molar-refractivity contribution in [2.24, 2.45) is 0 Å². The number of β-amino-alcohol motifs (C(OH)–C–C–N with tert-alkyl or cyclic N) is 1. The summed E-state index contributed by atoms with van der Waals surface area (Å²) in [5, 5.41) is 13.1. The van der Waals surface area contributed by atoms with Gasteiger partial charge in [0, 0.05) is 16.0 Å². The van der Waals surface area contributed by atoms with Crippen molar-refractivity contribution < 1.29 is 9.90 Å². The minimum Gasteiger partial charge on any atom is -0.387 e. The topological polar surface area (TPSA) is 40.5 Å². The van der Waals surface area contributed by atoms with Crippen molar-refractivity contribution in [3.8, 4) is 0 Å². The molecule has 4 heteroatoms. The van der Waals surface area contributed by atoms with Crippen LogP contribution in [0, 0.1) is 0 Å². The lowest BCUT2D eigenvalue weighted by molar-refractivity contribution is 0.0969. The maximum atomic E-state index is 12.7. The van der Waals surface area contributed by atoms with Crippen molar-refractivity contribution in [3.05, 3.63) is 76.8 Å². The minimum absolute atomic E-state index is 0.0650. The van der Waals surface area contributed by atoms with Crippen molar-refractivity contribution in [2.45, 2.75) is 6.10 Å². The summed E-state index contributed by atoms with van der Waals surface area (Å²) >= 11 is 5.88. The van der Waals surface area contributed by atoms with Crippen molar-refractivity contribution in [1.82, 2.24) is 0 Å². The summed E-state index contributed by atoms with van der Waals surface area (Å²) in [5.41, 5.74) is 2.29. The van der Waals surface area contributed by atoms with Gasteiger partial charge in [0.05, 0.1) is 18.3 Å². The predicted molar refractivity (Wildman–Crippen MR) is 92.0 cm³/mol. The Bertz CT molecular complexity index is 900. The number of hydrogen-bond acceptors (Lipinski definition) is 2. The zero-order valence-corrected chi connectivity index (χ0v) is 13.0. The van der Waals surface area contributed by atoms with Gasteiger partial charge in [0.25, 0.3) is 5.91 Å². The van der Waals surface area contributed by atoms with Crippen LogP contribution >= 0.6 is 11.6 Å². The first-order valence-corrected chi connectivity index (χ1v) is 7.80. The summed E-state index contributed by atoms with van der Waals surface area (Å²) in [6.07, 6.45) is -0.763. The molecule has 3 aromatic rings. The lowest BCUT2D eigenvalue weighted by atomic mass is 10.1. The molecule has 1 aliphatic rings. The number of aliphatic hydroxyl groups excluding tert-OH is 1. The standard InChI is InChI=1S/C19H14ClNO2/c20-14-9-7-12(8-10-14)17(22)11-21-16-6-2-4-13-3-1-5-15(18(13)16)19(21)23/h1-10,17,22H,11H2. The Morgan fingerprint density at radius 3 is 2.43 bits per heavy atom. The van der Waals surface area contributed by atoms with Crippen molar-refractivity contribution >= 4 is 34.0 Å². The second-order valence-electron chi connectivity index (χ2n) is 5.66. The molecule has 114 valence electrons. The first kappa shape index (κ1) is 14.2. The Labute approximate surface area is 138 Å². The molecule has 1 aliphatic heterocycles. The molecule has 0 spiro atoms. The van der Waals surface area contributed by atoms with Gasteiger partial charge in [-0.05, 0) is 35.2 Å². The van der Waals surface area contributed by atoms with Gasteiger partial charge in [0.2, 0.25) is 0 Å². The van der Waals surface area contributed by atoms with E-state index in [0.717, 1.165) is 22.0 Å². The lowest BCUT2D eigenvalue weighted by Gasteiger charge is -2.21. The Balaban J connectivity index is 1.70. The van der Waals surface area contributed by atoms with Gasteiger partial charge in [-0.15, -0.1) is 0 Å². The number of rotatable bonds is 3. The second kappa shape index (κ2) is 5.37. The molecule has 0 bridgehead atoms. The van der Waals surface area contributed by atoms with Crippen LogP contribution in [0.3, 0.4) is 0 Å². The molecule has 0 saturated heterocycles. The van der Waals surface area contributed by atoms with Gasteiger partial charge in [-0.25, -0.2) is 0 Å². The largest absolute Gasteiger partial charge is 0.387 e. The molecule has 0 aromatic heterocycles. The van der Waals surface area contributed by atoms with Crippen LogP contribution in [0.15, 0.2) is 60.7 Å². The Morgan fingerprint density at radius 2 is 1.70 bits per heavy atom. The van der Waals surface area contributed by atoms with Crippen LogP contribution in [0.2, 0.25) is 5.02 Å². The number of amides is 1. The van der Waals surface area contributed by atoms with E-state index in [-0.39, 0.29) is 12.5 Å². The summed E-state index contributed by atoms with van der Waals surface area (Å²) in [5.74, 6) is -0.0650. The second-order valence-corrected chi connectivity index (χ2v) is 6.10. The summed E-state index contributed by atoms with van der Waals surface area (Å²) < 4.78 is 0. The van der Waals surface area contributed by atoms with Gasteiger partial charge in [-0.2, -0.15) is 0 Å². The van der Waals surface area contributed by atoms with E-state index in [4.69, 9.17) is 11.6 Å². The summed E-state index contributed by atoms with van der Waals surface area (Å²) in [6, 6.07) is 18.6. The van der Waals surface area contributed by atoms with E-state index in [9.17, 15) is 9.90 Å². The molecule has 1 N–H and O–H groups in total. The summed E-state index contributed by atoms with van der Waals surface area (Å²) in [4.78, 5) is 14.3. The third-order valence-electron chi connectivity index (χ3n) is 4.26. The predicted octanol–water partition coefficient (Wildman–Crippen LogP) is 4.19. The van der Waals surface area contributed by atoms with Crippen molar-refractivity contribution in [2.75, 3.05) is 11.4 Å². The highest BCUT2D eigenvalue weighted by Crippen LogP contribution is 2.38. The van der Waals surface area contributed by atoms with Crippen molar-refractivity contribution in [3.63, 3.8) is 0 Å². The number of carbonyl (C=O) groups is 1. The van der Waals surface area contributed by atoms with Gasteiger partial charge in [-0.3, -0.25) is 4.79 Å². The molecule has 0 saturated carbocycles. The highest BCUT2D eigenvalue weighted by Gasteiger charge is 2.30. The van der Waals surface area contributed by atoms with E-state index >= 15 is 0 Å². The molecule has 3 nitrogen and oxygen atoms in total. The number of hydrogen-bond donors (Lipinski definition) is 1. The molecule has 0 aliphatic carbocycles. The number of aliphatic hydroxyl groups is 1. The number of anilines is 1. The van der Waals surface area contributed by atoms with E-state index in [2.05, 4.69) is 0 Å². The van der Waals surface area contributed by atoms with Gasteiger partial charge in [0.15, 0.2) is 0 Å². The van der Waals surface area contributed by atoms with Crippen LogP contribution < -0.4 is 4.90 Å². The molecule has 1 amide bonds. The number of nitrogens with zero attached hydrogens (tertiary/aromatic N) is 1. The fourth-order valence-electron chi connectivity index (χ4n) is 3.12. The molecule has 1 heterocycles. The number of benzene rings is 3. The molecular weight excluding hydrogens is 310 g/mol. The lowest BCUT2D eigenvalue weighted by Crippen LogP contribution is -2.31. The molecule has 0 radical (unpaired) electrons. The smallest absolute Gasteiger partial charge is 0.259 e. The molecule has 4 rings (SSSR count). The van der Waals surface area contributed by atoms with E-state index in [1.165, 1.54) is 0 Å².